The predicted molar refractivity (Wildman–Crippen MR) is 115 cm³/mol. The summed E-state index contributed by atoms with van der Waals surface area (Å²) in [5.74, 6) is 0.201. The lowest BCUT2D eigenvalue weighted by Crippen LogP contribution is -2.60. The minimum absolute atomic E-state index is 0.0113. The van der Waals surface area contributed by atoms with E-state index in [4.69, 9.17) is 0 Å². The number of rotatable bonds is 7. The molecule has 156 valence electrons. The van der Waals surface area contributed by atoms with Gasteiger partial charge in [0.15, 0.2) is 0 Å². The van der Waals surface area contributed by atoms with Crippen LogP contribution in [-0.2, 0) is 4.79 Å². The van der Waals surface area contributed by atoms with E-state index in [0.29, 0.717) is 12.1 Å². The highest BCUT2D eigenvalue weighted by molar-refractivity contribution is 5.99. The molecule has 4 heteroatoms. The Morgan fingerprint density at radius 1 is 1.14 bits per heavy atom. The number of hydrogen-bond acceptors (Lipinski definition) is 2. The van der Waals surface area contributed by atoms with Crippen molar-refractivity contribution in [2.45, 2.75) is 91.1 Å². The largest absolute Gasteiger partial charge is 0.354 e. The van der Waals surface area contributed by atoms with E-state index in [0.717, 1.165) is 44.1 Å². The molecule has 0 radical (unpaired) electrons. The van der Waals surface area contributed by atoms with Gasteiger partial charge in [-0.2, -0.15) is 0 Å². The van der Waals surface area contributed by atoms with Gasteiger partial charge < -0.3 is 10.2 Å². The monoisotopic (exact) mass is 386 g/mol. The van der Waals surface area contributed by atoms with E-state index in [1.54, 1.807) is 0 Å². The standard InChI is InChI=1S/C24H38N2O2/c1-6-7-17-25-22(27)21(19-14-9-8-10-15-19)26(24(3,4)5)23(28)20-16-12-11-13-18(20)2/h11-13,16,19,21H,6-10,14-15,17H2,1-5H3,(H,25,27). The van der Waals surface area contributed by atoms with Crippen LogP contribution in [0.1, 0.15) is 88.6 Å². The van der Waals surface area contributed by atoms with Crippen molar-refractivity contribution in [3.63, 3.8) is 0 Å². The first-order valence-electron chi connectivity index (χ1n) is 10.9. The molecule has 0 saturated heterocycles. The van der Waals surface area contributed by atoms with Gasteiger partial charge in [0.1, 0.15) is 6.04 Å². The number of unbranched alkanes of at least 4 members (excludes halogenated alkanes) is 1. The fourth-order valence-corrected chi connectivity index (χ4v) is 4.28. The van der Waals surface area contributed by atoms with Crippen molar-refractivity contribution in [1.82, 2.24) is 10.2 Å². The van der Waals surface area contributed by atoms with Crippen LogP contribution in [0.5, 0.6) is 0 Å². The van der Waals surface area contributed by atoms with Gasteiger partial charge in [-0.15, -0.1) is 0 Å². The summed E-state index contributed by atoms with van der Waals surface area (Å²) >= 11 is 0. The van der Waals surface area contributed by atoms with Crippen LogP contribution in [0.15, 0.2) is 24.3 Å². The molecule has 1 fully saturated rings. The molecule has 0 heterocycles. The van der Waals surface area contributed by atoms with E-state index in [1.165, 1.54) is 6.42 Å². The van der Waals surface area contributed by atoms with Crippen LogP contribution >= 0.6 is 0 Å². The van der Waals surface area contributed by atoms with Gasteiger partial charge >= 0.3 is 0 Å². The average molecular weight is 387 g/mol. The Bertz CT molecular complexity index is 657. The molecule has 1 unspecified atom stereocenters. The summed E-state index contributed by atoms with van der Waals surface area (Å²) in [5, 5.41) is 3.12. The number of carbonyl (C=O) groups excluding carboxylic acids is 2. The summed E-state index contributed by atoms with van der Waals surface area (Å²) in [7, 11) is 0. The van der Waals surface area contributed by atoms with Gasteiger partial charge in [0.05, 0.1) is 0 Å². The molecule has 2 rings (SSSR count). The van der Waals surface area contributed by atoms with Gasteiger partial charge in [0, 0.05) is 17.6 Å². The summed E-state index contributed by atoms with van der Waals surface area (Å²) in [6.07, 6.45) is 7.53. The van der Waals surface area contributed by atoms with E-state index < -0.39 is 11.6 Å². The summed E-state index contributed by atoms with van der Waals surface area (Å²) in [5.41, 5.74) is 1.21. The number of aryl methyl sites for hydroxylation is 1. The highest BCUT2D eigenvalue weighted by Gasteiger charge is 2.42. The quantitative estimate of drug-likeness (QED) is 0.663. The van der Waals surface area contributed by atoms with Crippen LogP contribution < -0.4 is 5.32 Å². The SMILES string of the molecule is CCCCNC(=O)C(C1CCCCC1)N(C(=O)c1ccccc1C)C(C)(C)C. The molecule has 0 aliphatic heterocycles. The van der Waals surface area contributed by atoms with E-state index in [2.05, 4.69) is 12.2 Å². The Kier molecular flexibility index (Phi) is 8.09. The zero-order chi connectivity index (χ0) is 20.7. The van der Waals surface area contributed by atoms with Crippen molar-refractivity contribution >= 4 is 11.8 Å². The number of hydrogen-bond donors (Lipinski definition) is 1. The van der Waals surface area contributed by atoms with Crippen molar-refractivity contribution < 1.29 is 9.59 Å². The molecule has 1 N–H and O–H groups in total. The highest BCUT2D eigenvalue weighted by atomic mass is 16.2. The second kappa shape index (κ2) is 10.1. The van der Waals surface area contributed by atoms with Gasteiger partial charge in [0.25, 0.3) is 5.91 Å². The topological polar surface area (TPSA) is 49.4 Å². The van der Waals surface area contributed by atoms with Crippen molar-refractivity contribution in [3.8, 4) is 0 Å². The number of benzene rings is 1. The molecule has 1 atom stereocenters. The number of carbonyl (C=O) groups is 2. The van der Waals surface area contributed by atoms with Crippen molar-refractivity contribution in [2.75, 3.05) is 6.54 Å². The second-order valence-corrected chi connectivity index (χ2v) is 9.15. The van der Waals surface area contributed by atoms with Crippen molar-refractivity contribution in [1.29, 1.82) is 0 Å². The predicted octanol–water partition coefficient (Wildman–Crippen LogP) is 5.10. The van der Waals surface area contributed by atoms with Gasteiger partial charge in [-0.3, -0.25) is 9.59 Å². The second-order valence-electron chi connectivity index (χ2n) is 9.15. The molecule has 0 spiro atoms. The van der Waals surface area contributed by atoms with Crippen molar-refractivity contribution in [2.24, 2.45) is 5.92 Å². The Balaban J connectivity index is 2.41. The molecule has 0 bridgehead atoms. The first kappa shape index (κ1) is 22.4. The van der Waals surface area contributed by atoms with Crippen LogP contribution in [0.2, 0.25) is 0 Å². The molecule has 0 aromatic heterocycles. The highest BCUT2D eigenvalue weighted by Crippen LogP contribution is 2.33. The smallest absolute Gasteiger partial charge is 0.255 e. The molecule has 1 aromatic rings. The van der Waals surface area contributed by atoms with Crippen LogP contribution in [0.25, 0.3) is 0 Å². The minimum atomic E-state index is -0.441. The maximum Gasteiger partial charge on any atom is 0.255 e. The normalized spacial score (nSPS) is 16.5. The van der Waals surface area contributed by atoms with Crippen LogP contribution in [0.3, 0.4) is 0 Å². The number of nitrogens with one attached hydrogen (secondary N) is 1. The van der Waals surface area contributed by atoms with Gasteiger partial charge in [-0.1, -0.05) is 50.8 Å². The number of nitrogens with zero attached hydrogens (tertiary/aromatic N) is 1. The lowest BCUT2D eigenvalue weighted by molar-refractivity contribution is -0.130. The third kappa shape index (κ3) is 5.59. The first-order valence-corrected chi connectivity index (χ1v) is 10.9. The van der Waals surface area contributed by atoms with E-state index >= 15 is 0 Å². The van der Waals surface area contributed by atoms with Crippen molar-refractivity contribution in [3.05, 3.63) is 35.4 Å². The Labute approximate surface area is 171 Å². The van der Waals surface area contributed by atoms with Gasteiger partial charge in [-0.25, -0.2) is 0 Å². The third-order valence-corrected chi connectivity index (χ3v) is 5.79. The summed E-state index contributed by atoms with van der Waals surface area (Å²) in [4.78, 5) is 28.9. The van der Waals surface area contributed by atoms with E-state index in [-0.39, 0.29) is 17.7 Å². The molecule has 1 aromatic carbocycles. The first-order chi connectivity index (χ1) is 13.3. The molecule has 28 heavy (non-hydrogen) atoms. The van der Waals surface area contributed by atoms with Gasteiger partial charge in [0.2, 0.25) is 5.91 Å². The van der Waals surface area contributed by atoms with E-state index in [9.17, 15) is 9.59 Å². The molecule has 1 aliphatic carbocycles. The molecule has 4 nitrogen and oxygen atoms in total. The van der Waals surface area contributed by atoms with Crippen LogP contribution in [0, 0.1) is 12.8 Å². The Hall–Kier alpha value is -1.84. The van der Waals surface area contributed by atoms with Crippen LogP contribution in [0.4, 0.5) is 0 Å². The maximum absolute atomic E-state index is 13.7. The fraction of sp³-hybridized carbons (Fsp3) is 0.667. The maximum atomic E-state index is 13.7. The zero-order valence-corrected chi connectivity index (χ0v) is 18.4. The molecule has 1 saturated carbocycles. The Morgan fingerprint density at radius 2 is 1.79 bits per heavy atom. The van der Waals surface area contributed by atoms with Crippen LogP contribution in [-0.4, -0.2) is 34.8 Å². The molecule has 1 aliphatic rings. The number of amides is 2. The molecule has 2 amide bonds. The third-order valence-electron chi connectivity index (χ3n) is 5.79. The molecular weight excluding hydrogens is 348 g/mol. The van der Waals surface area contributed by atoms with Gasteiger partial charge in [-0.05, 0) is 64.5 Å². The lowest BCUT2D eigenvalue weighted by Gasteiger charge is -2.45. The average Bonchev–Trinajstić information content (AvgIpc) is 2.65. The summed E-state index contributed by atoms with van der Waals surface area (Å²) in [6.45, 7) is 10.9. The van der Waals surface area contributed by atoms with E-state index in [1.807, 2.05) is 56.9 Å². The lowest BCUT2D eigenvalue weighted by atomic mass is 9.81. The zero-order valence-electron chi connectivity index (χ0n) is 18.4. The summed E-state index contributed by atoms with van der Waals surface area (Å²) in [6, 6.07) is 7.28. The Morgan fingerprint density at radius 3 is 2.36 bits per heavy atom. The molecular formula is C24H38N2O2. The summed E-state index contributed by atoms with van der Waals surface area (Å²) < 4.78 is 0. The fourth-order valence-electron chi connectivity index (χ4n) is 4.28. The minimum Gasteiger partial charge on any atom is -0.354 e.